The fourth-order valence-corrected chi connectivity index (χ4v) is 6.01. The molecule has 0 saturated carbocycles. The largest absolute Gasteiger partial charge is 0.477 e. The number of nitrogen functional groups attached to an aromatic ring is 1. The molecule has 2 amide bonds. The van der Waals surface area contributed by atoms with E-state index in [1.165, 1.54) is 16.7 Å². The van der Waals surface area contributed by atoms with Gasteiger partial charge in [0.1, 0.15) is 48.9 Å². The minimum atomic E-state index is -1.22. The maximum Gasteiger partial charge on any atom is 0.352 e. The van der Waals surface area contributed by atoms with Crippen molar-refractivity contribution in [1.29, 1.82) is 0 Å². The summed E-state index contributed by atoms with van der Waals surface area (Å²) in [7, 11) is 0. The summed E-state index contributed by atoms with van der Waals surface area (Å²) in [6, 6.07) is 2.62. The second-order valence-electron chi connectivity index (χ2n) is 7.97. The van der Waals surface area contributed by atoms with E-state index in [4.69, 9.17) is 22.2 Å². The van der Waals surface area contributed by atoms with Crippen LogP contribution >= 0.6 is 34.9 Å². The lowest BCUT2D eigenvalue weighted by Crippen LogP contribution is -2.71. The molecule has 0 aliphatic carbocycles. The number of imidazole rings is 1. The molecule has 192 valence electrons. The van der Waals surface area contributed by atoms with Crippen molar-refractivity contribution < 1.29 is 28.9 Å². The van der Waals surface area contributed by atoms with Gasteiger partial charge in [-0.1, -0.05) is 16.8 Å². The number of aromatic nitrogens is 4. The number of pyridine rings is 1. The third-order valence-electron chi connectivity index (χ3n) is 5.67. The molecular formula is C21H20ClN8O5S2+. The van der Waals surface area contributed by atoms with Gasteiger partial charge in [-0.05, 0) is 13.0 Å². The molecule has 0 bridgehead atoms. The zero-order chi connectivity index (χ0) is 26.3. The third-order valence-corrected chi connectivity index (χ3v) is 7.78. The summed E-state index contributed by atoms with van der Waals surface area (Å²) >= 11 is 8.30. The minimum absolute atomic E-state index is 0.0279. The van der Waals surface area contributed by atoms with Gasteiger partial charge in [0.2, 0.25) is 11.5 Å². The van der Waals surface area contributed by atoms with Gasteiger partial charge < -0.3 is 21.0 Å². The number of hydrogen-bond donors (Lipinski definition) is 3. The molecule has 1 saturated heterocycles. The van der Waals surface area contributed by atoms with E-state index in [2.05, 4.69) is 19.8 Å². The van der Waals surface area contributed by atoms with Crippen LogP contribution in [0.15, 0.2) is 47.1 Å². The number of nitrogens with one attached hydrogen (secondary N) is 1. The number of aliphatic carboxylic acids is 1. The predicted octanol–water partition coefficient (Wildman–Crippen LogP) is 0.493. The lowest BCUT2D eigenvalue weighted by atomic mass is 10.0. The number of fused-ring (bicyclic) bond motifs is 2. The number of carboxylic acid groups (broad SMARTS) is 1. The predicted molar refractivity (Wildman–Crippen MR) is 135 cm³/mol. The number of carboxylic acids is 1. The smallest absolute Gasteiger partial charge is 0.352 e. The highest BCUT2D eigenvalue weighted by atomic mass is 35.5. The second kappa shape index (κ2) is 9.99. The first-order chi connectivity index (χ1) is 17.8. The second-order valence-corrected chi connectivity index (χ2v) is 10.3. The Morgan fingerprint density at radius 3 is 2.95 bits per heavy atom. The Morgan fingerprint density at radius 1 is 1.43 bits per heavy atom. The topological polar surface area (TPSA) is 168 Å². The number of carbonyl (C=O) groups excluding carboxylic acids is 2. The number of hydrogen-bond acceptors (Lipinski definition) is 10. The van der Waals surface area contributed by atoms with Crippen molar-refractivity contribution in [2.24, 2.45) is 5.16 Å². The number of nitrogens with two attached hydrogens (primary N) is 1. The molecule has 3 aromatic heterocycles. The molecule has 5 heterocycles. The number of amides is 2. The van der Waals surface area contributed by atoms with Crippen LogP contribution < -0.4 is 15.6 Å². The molecule has 13 nitrogen and oxygen atoms in total. The van der Waals surface area contributed by atoms with Crippen LogP contribution in [-0.4, -0.2) is 71.0 Å². The van der Waals surface area contributed by atoms with Gasteiger partial charge in [0.25, 0.3) is 17.5 Å². The molecule has 0 spiro atoms. The summed E-state index contributed by atoms with van der Waals surface area (Å²) in [6.45, 7) is 2.15. The summed E-state index contributed by atoms with van der Waals surface area (Å²) in [5, 5.41) is 16.5. The van der Waals surface area contributed by atoms with Crippen molar-refractivity contribution in [3.63, 3.8) is 0 Å². The van der Waals surface area contributed by atoms with Crippen LogP contribution in [0.4, 0.5) is 5.13 Å². The monoisotopic (exact) mass is 563 g/mol. The molecule has 3 aromatic rings. The van der Waals surface area contributed by atoms with E-state index in [1.54, 1.807) is 19.2 Å². The fourth-order valence-electron chi connectivity index (χ4n) is 4.07. The first-order valence-corrected chi connectivity index (χ1v) is 13.1. The number of carbonyl (C=O) groups is 3. The van der Waals surface area contributed by atoms with E-state index >= 15 is 0 Å². The van der Waals surface area contributed by atoms with Crippen molar-refractivity contribution in [1.82, 2.24) is 24.0 Å². The summed E-state index contributed by atoms with van der Waals surface area (Å²) in [4.78, 5) is 48.5. The zero-order valence-corrected chi connectivity index (χ0v) is 21.6. The summed E-state index contributed by atoms with van der Waals surface area (Å²) in [6.07, 6.45) is 5.37. The molecular weight excluding hydrogens is 544 g/mol. The summed E-state index contributed by atoms with van der Waals surface area (Å²) in [5.74, 6) is -2.16. The van der Waals surface area contributed by atoms with Gasteiger partial charge >= 0.3 is 5.97 Å². The van der Waals surface area contributed by atoms with Crippen molar-refractivity contribution in [2.75, 3.05) is 18.1 Å². The maximum atomic E-state index is 13.1. The van der Waals surface area contributed by atoms with Gasteiger partial charge in [-0.15, -0.1) is 11.8 Å². The van der Waals surface area contributed by atoms with E-state index in [9.17, 15) is 19.5 Å². The van der Waals surface area contributed by atoms with Gasteiger partial charge in [-0.2, -0.15) is 9.36 Å². The summed E-state index contributed by atoms with van der Waals surface area (Å²) < 4.78 is 7.69. The molecule has 2 aliphatic heterocycles. The van der Waals surface area contributed by atoms with Crippen LogP contribution in [0.2, 0.25) is 5.02 Å². The van der Waals surface area contributed by atoms with Gasteiger partial charge in [0.05, 0.1) is 5.02 Å². The van der Waals surface area contributed by atoms with E-state index in [0.717, 1.165) is 17.2 Å². The molecule has 16 heteroatoms. The van der Waals surface area contributed by atoms with Crippen LogP contribution in [0.25, 0.3) is 5.65 Å². The minimum Gasteiger partial charge on any atom is -0.477 e. The highest BCUT2D eigenvalue weighted by Crippen LogP contribution is 2.40. The highest BCUT2D eigenvalue weighted by Gasteiger charge is 2.54. The van der Waals surface area contributed by atoms with Crippen LogP contribution in [0, 0.1) is 0 Å². The molecule has 1 fully saturated rings. The standard InChI is InChI=1S/C21H19ClN8O5S2/c1-2-35-26-13(16-25-21(23)37-27-16)17(31)24-14-18(32)30-15(20(33)34)10(9-36-19(14)30)7-28-5-6-29-8-11(22)3-4-12(28)29/h3-6,8,14,19H,2,7,9H2,1H3,(H3-,23,24,25,27,31,33,34)/p+1/b26-13+/t14-,19-/m1/s1. The van der Waals surface area contributed by atoms with E-state index in [1.807, 2.05) is 27.4 Å². The van der Waals surface area contributed by atoms with E-state index < -0.39 is 29.2 Å². The number of nitrogens with zero attached hydrogens (tertiary/aromatic N) is 6. The number of rotatable bonds is 8. The molecule has 0 radical (unpaired) electrons. The normalized spacial score (nSPS) is 19.6. The number of oxime groups is 1. The van der Waals surface area contributed by atoms with Crippen LogP contribution in [-0.2, 0) is 25.8 Å². The molecule has 4 N–H and O–H groups in total. The molecule has 37 heavy (non-hydrogen) atoms. The molecule has 2 aliphatic rings. The Labute approximate surface area is 222 Å². The van der Waals surface area contributed by atoms with Gasteiger partial charge in [0.15, 0.2) is 5.13 Å². The van der Waals surface area contributed by atoms with Gasteiger partial charge in [0, 0.05) is 28.9 Å². The fraction of sp³-hybridized carbons (Fsp3) is 0.286. The number of halogens is 1. The number of thioether (sulfide) groups is 1. The lowest BCUT2D eigenvalue weighted by molar-refractivity contribution is -0.662. The van der Waals surface area contributed by atoms with Crippen molar-refractivity contribution in [2.45, 2.75) is 24.9 Å². The Hall–Kier alpha value is -3.69. The first-order valence-electron chi connectivity index (χ1n) is 10.9. The van der Waals surface area contributed by atoms with Crippen LogP contribution in [0.1, 0.15) is 12.7 Å². The molecule has 0 unspecified atom stereocenters. The molecule has 5 rings (SSSR count). The molecule has 2 atom stereocenters. The Bertz CT molecular complexity index is 1480. The van der Waals surface area contributed by atoms with Gasteiger partial charge in [-0.25, -0.2) is 13.8 Å². The third kappa shape index (κ3) is 4.60. The average Bonchev–Trinajstić information content (AvgIpc) is 3.47. The zero-order valence-electron chi connectivity index (χ0n) is 19.2. The molecule has 0 aromatic carbocycles. The van der Waals surface area contributed by atoms with Crippen LogP contribution in [0.5, 0.6) is 0 Å². The Kier molecular flexibility index (Phi) is 6.74. The lowest BCUT2D eigenvalue weighted by Gasteiger charge is -2.49. The quantitative estimate of drug-likeness (QED) is 0.153. The van der Waals surface area contributed by atoms with E-state index in [-0.39, 0.29) is 35.5 Å². The van der Waals surface area contributed by atoms with Crippen molar-refractivity contribution >= 4 is 69.2 Å². The first kappa shape index (κ1) is 25.0. The number of β-lactam (4-membered cyclic amide) rings is 1. The Balaban J connectivity index is 1.37. The highest BCUT2D eigenvalue weighted by molar-refractivity contribution is 8.00. The van der Waals surface area contributed by atoms with E-state index in [0.29, 0.717) is 16.3 Å². The summed E-state index contributed by atoms with van der Waals surface area (Å²) in [5.41, 5.74) is 6.69. The van der Waals surface area contributed by atoms with Crippen molar-refractivity contribution in [3.05, 3.63) is 52.8 Å². The van der Waals surface area contributed by atoms with Gasteiger partial charge in [-0.3, -0.25) is 14.5 Å². The Morgan fingerprint density at radius 2 is 2.24 bits per heavy atom. The number of anilines is 1. The van der Waals surface area contributed by atoms with Crippen molar-refractivity contribution in [3.8, 4) is 0 Å². The SMILES string of the molecule is CCO/N=C(/C(=O)N[C@@H]1C(=O)N2C(C(=O)O)=C(C[n+]3ccn4cc(Cl)ccc43)CS[C@H]12)c1nsc(N)n1. The average molecular weight is 564 g/mol. The van der Waals surface area contributed by atoms with Crippen LogP contribution in [0.3, 0.4) is 0 Å². The maximum absolute atomic E-state index is 13.1.